The number of hydrogen-bond acceptors (Lipinski definition) is 6. The molecule has 1 aliphatic carbocycles. The number of hydrogen-bond donors (Lipinski definition) is 1. The first-order valence-corrected chi connectivity index (χ1v) is 10.2. The van der Waals surface area contributed by atoms with Gasteiger partial charge in [-0.15, -0.1) is 13.2 Å². The number of carboxylic acids is 1. The Hall–Kier alpha value is -3.53. The van der Waals surface area contributed by atoms with Crippen LogP contribution in [0, 0.1) is 5.92 Å². The normalized spacial score (nSPS) is 18.1. The number of pyridine rings is 1. The van der Waals surface area contributed by atoms with E-state index in [2.05, 4.69) is 24.6 Å². The van der Waals surface area contributed by atoms with Gasteiger partial charge in [-0.3, -0.25) is 19.7 Å². The Balaban J connectivity index is 1.42. The second-order valence-electron chi connectivity index (χ2n) is 7.98. The molecule has 7 nitrogen and oxygen atoms in total. The van der Waals surface area contributed by atoms with Gasteiger partial charge in [0.05, 0.1) is 35.4 Å². The van der Waals surface area contributed by atoms with Gasteiger partial charge < -0.3 is 9.84 Å². The van der Waals surface area contributed by atoms with E-state index in [1.807, 2.05) is 19.2 Å². The van der Waals surface area contributed by atoms with Crippen molar-refractivity contribution in [3.8, 4) is 28.3 Å². The average molecular weight is 458 g/mol. The minimum absolute atomic E-state index is 0.239. The Labute approximate surface area is 187 Å². The highest BCUT2D eigenvalue weighted by Gasteiger charge is 2.36. The van der Waals surface area contributed by atoms with Crippen LogP contribution in [0.25, 0.3) is 22.5 Å². The molecule has 2 heterocycles. The van der Waals surface area contributed by atoms with Crippen molar-refractivity contribution in [1.29, 1.82) is 0 Å². The highest BCUT2D eigenvalue weighted by molar-refractivity contribution is 5.71. The van der Waals surface area contributed by atoms with E-state index in [1.54, 1.807) is 12.4 Å². The van der Waals surface area contributed by atoms with Crippen LogP contribution < -0.4 is 4.74 Å². The zero-order chi connectivity index (χ0) is 23.6. The first-order valence-electron chi connectivity index (χ1n) is 10.2. The fourth-order valence-electron chi connectivity index (χ4n) is 3.68. The lowest BCUT2D eigenvalue weighted by atomic mass is 9.79. The molecule has 1 aromatic carbocycles. The van der Waals surface area contributed by atoms with Crippen LogP contribution in [-0.2, 0) is 11.3 Å². The van der Waals surface area contributed by atoms with E-state index >= 15 is 0 Å². The molecular weight excluding hydrogens is 437 g/mol. The van der Waals surface area contributed by atoms with Gasteiger partial charge >= 0.3 is 12.3 Å². The molecule has 10 heteroatoms. The first-order chi connectivity index (χ1) is 15.7. The van der Waals surface area contributed by atoms with Crippen LogP contribution in [0.4, 0.5) is 13.2 Å². The number of carboxylic acid groups (broad SMARTS) is 1. The summed E-state index contributed by atoms with van der Waals surface area (Å²) in [5.74, 6) is -1.30. The van der Waals surface area contributed by atoms with Gasteiger partial charge in [-0.25, -0.2) is 4.98 Å². The molecule has 1 aliphatic rings. The van der Waals surface area contributed by atoms with Gasteiger partial charge in [0.25, 0.3) is 0 Å². The molecule has 0 aliphatic heterocycles. The van der Waals surface area contributed by atoms with E-state index in [4.69, 9.17) is 5.11 Å². The summed E-state index contributed by atoms with van der Waals surface area (Å²) in [5.41, 5.74) is 3.30. The van der Waals surface area contributed by atoms with Crippen LogP contribution in [0.3, 0.4) is 0 Å². The maximum atomic E-state index is 12.3. The molecule has 1 saturated carbocycles. The van der Waals surface area contributed by atoms with Gasteiger partial charge in [0.15, 0.2) is 0 Å². The summed E-state index contributed by atoms with van der Waals surface area (Å²) >= 11 is 0. The molecule has 1 N–H and O–H groups in total. The van der Waals surface area contributed by atoms with E-state index in [0.29, 0.717) is 36.3 Å². The number of aromatic nitrogens is 3. The maximum absolute atomic E-state index is 12.3. The van der Waals surface area contributed by atoms with E-state index in [0.717, 1.165) is 11.3 Å². The molecule has 0 radical (unpaired) electrons. The fourth-order valence-corrected chi connectivity index (χ4v) is 3.68. The Morgan fingerprint density at radius 2 is 1.70 bits per heavy atom. The number of alkyl halides is 3. The summed E-state index contributed by atoms with van der Waals surface area (Å²) in [7, 11) is 1.96. The molecule has 2 aromatic heterocycles. The molecule has 33 heavy (non-hydrogen) atoms. The van der Waals surface area contributed by atoms with Crippen LogP contribution in [-0.4, -0.2) is 50.4 Å². The average Bonchev–Trinajstić information content (AvgIpc) is 2.72. The van der Waals surface area contributed by atoms with E-state index < -0.39 is 12.3 Å². The maximum Gasteiger partial charge on any atom is 0.573 e. The molecule has 0 atom stereocenters. The highest BCUT2D eigenvalue weighted by Crippen LogP contribution is 2.32. The number of carbonyl (C=O) groups is 1. The van der Waals surface area contributed by atoms with Crippen molar-refractivity contribution in [2.45, 2.75) is 31.8 Å². The summed E-state index contributed by atoms with van der Waals surface area (Å²) in [6.07, 6.45) is 1.37. The third-order valence-electron chi connectivity index (χ3n) is 5.64. The number of nitrogens with zero attached hydrogens (tertiary/aromatic N) is 4. The summed E-state index contributed by atoms with van der Waals surface area (Å²) in [6.45, 7) is 0.606. The van der Waals surface area contributed by atoms with Crippen molar-refractivity contribution in [2.75, 3.05) is 7.05 Å². The molecular formula is C23H21F3N4O3. The SMILES string of the molecule is CN(Cc1ccc(-c2cncc(-c3ccc(OC(F)(F)F)cc3)n2)cn1)C1CC(C(=O)O)C1. The van der Waals surface area contributed by atoms with Crippen LogP contribution in [0.5, 0.6) is 5.75 Å². The van der Waals surface area contributed by atoms with Crippen molar-refractivity contribution in [3.05, 3.63) is 60.7 Å². The van der Waals surface area contributed by atoms with Crippen molar-refractivity contribution in [1.82, 2.24) is 19.9 Å². The fraction of sp³-hybridized carbons (Fsp3) is 0.304. The molecule has 0 amide bonds. The minimum Gasteiger partial charge on any atom is -0.481 e. The van der Waals surface area contributed by atoms with Crippen LogP contribution >= 0.6 is 0 Å². The zero-order valence-electron chi connectivity index (χ0n) is 17.7. The highest BCUT2D eigenvalue weighted by atomic mass is 19.4. The number of halogens is 3. The van der Waals surface area contributed by atoms with Gasteiger partial charge in [0.1, 0.15) is 5.75 Å². The van der Waals surface area contributed by atoms with Crippen molar-refractivity contribution in [2.24, 2.45) is 5.92 Å². The molecule has 4 rings (SSSR count). The molecule has 0 saturated heterocycles. The number of aliphatic carboxylic acids is 1. The Kier molecular flexibility index (Phi) is 6.28. The molecule has 0 unspecified atom stereocenters. The van der Waals surface area contributed by atoms with Crippen LogP contribution in [0.1, 0.15) is 18.5 Å². The summed E-state index contributed by atoms with van der Waals surface area (Å²) in [4.78, 5) is 26.3. The van der Waals surface area contributed by atoms with E-state index in [1.165, 1.54) is 30.5 Å². The molecule has 172 valence electrons. The van der Waals surface area contributed by atoms with Crippen LogP contribution in [0.2, 0.25) is 0 Å². The van der Waals surface area contributed by atoms with E-state index in [-0.39, 0.29) is 17.7 Å². The number of benzene rings is 1. The van der Waals surface area contributed by atoms with Gasteiger partial charge in [-0.05, 0) is 56.3 Å². The number of rotatable bonds is 7. The monoisotopic (exact) mass is 458 g/mol. The van der Waals surface area contributed by atoms with Gasteiger partial charge in [-0.1, -0.05) is 0 Å². The summed E-state index contributed by atoms with van der Waals surface area (Å²) in [5, 5.41) is 9.02. The molecule has 0 spiro atoms. The minimum atomic E-state index is -4.74. The quantitative estimate of drug-likeness (QED) is 0.561. The Morgan fingerprint density at radius 3 is 2.27 bits per heavy atom. The predicted octanol–water partition coefficient (Wildman–Crippen LogP) is 4.40. The topological polar surface area (TPSA) is 88.4 Å². The van der Waals surface area contributed by atoms with E-state index in [9.17, 15) is 18.0 Å². The lowest BCUT2D eigenvalue weighted by Gasteiger charge is -2.39. The predicted molar refractivity (Wildman–Crippen MR) is 113 cm³/mol. The standard InChI is InChI=1S/C23H21F3N4O3/c1-30(18-8-16(9-18)22(31)32)13-17-5-2-15(10-28-17)21-12-27-11-20(29-21)14-3-6-19(7-4-14)33-23(24,25)26/h2-7,10-12,16,18H,8-9,13H2,1H3,(H,31,32). The molecule has 3 aromatic rings. The second kappa shape index (κ2) is 9.14. The zero-order valence-corrected chi connectivity index (χ0v) is 17.7. The first kappa shape index (κ1) is 22.7. The number of ether oxygens (including phenoxy) is 1. The Bertz CT molecular complexity index is 1120. The largest absolute Gasteiger partial charge is 0.573 e. The summed E-state index contributed by atoms with van der Waals surface area (Å²) < 4.78 is 40.9. The third kappa shape index (κ3) is 5.64. The Morgan fingerprint density at radius 1 is 1.06 bits per heavy atom. The second-order valence-corrected chi connectivity index (χ2v) is 7.98. The lowest BCUT2D eigenvalue weighted by molar-refractivity contribution is -0.274. The third-order valence-corrected chi connectivity index (χ3v) is 5.64. The molecule has 0 bridgehead atoms. The smallest absolute Gasteiger partial charge is 0.481 e. The van der Waals surface area contributed by atoms with Crippen molar-refractivity contribution < 1.29 is 27.8 Å². The lowest BCUT2D eigenvalue weighted by Crippen LogP contribution is -2.44. The summed E-state index contributed by atoms with van der Waals surface area (Å²) in [6, 6.07) is 9.43. The van der Waals surface area contributed by atoms with Crippen LogP contribution in [0.15, 0.2) is 55.0 Å². The van der Waals surface area contributed by atoms with Crippen molar-refractivity contribution >= 4 is 5.97 Å². The molecule has 1 fully saturated rings. The van der Waals surface area contributed by atoms with Gasteiger partial charge in [0, 0.05) is 29.9 Å². The van der Waals surface area contributed by atoms with Gasteiger partial charge in [0.2, 0.25) is 0 Å². The van der Waals surface area contributed by atoms with Crippen molar-refractivity contribution in [3.63, 3.8) is 0 Å². The van der Waals surface area contributed by atoms with Gasteiger partial charge in [-0.2, -0.15) is 0 Å².